The predicted octanol–water partition coefficient (Wildman–Crippen LogP) is 2.01. The Hall–Kier alpha value is -1.82. The van der Waals surface area contributed by atoms with Gasteiger partial charge in [-0.1, -0.05) is 0 Å². The van der Waals surface area contributed by atoms with E-state index >= 15 is 0 Å². The number of benzene rings is 1. The molecule has 18 heavy (non-hydrogen) atoms. The SMILES string of the molecule is CNCCNc1cc(OC(C)C)cc([N+](=O)[O-])c1. The Labute approximate surface area is 106 Å². The molecule has 1 aromatic rings. The summed E-state index contributed by atoms with van der Waals surface area (Å²) in [5.41, 5.74) is 0.718. The van der Waals surface area contributed by atoms with Crippen LogP contribution in [0.25, 0.3) is 0 Å². The Morgan fingerprint density at radius 3 is 2.61 bits per heavy atom. The molecule has 6 nitrogen and oxygen atoms in total. The number of nitrogens with one attached hydrogen (secondary N) is 2. The van der Waals surface area contributed by atoms with E-state index in [1.165, 1.54) is 12.1 Å². The predicted molar refractivity (Wildman–Crippen MR) is 71.3 cm³/mol. The molecule has 2 N–H and O–H groups in total. The summed E-state index contributed by atoms with van der Waals surface area (Å²) < 4.78 is 5.49. The topological polar surface area (TPSA) is 76.4 Å². The molecule has 1 aromatic carbocycles. The highest BCUT2D eigenvalue weighted by molar-refractivity contribution is 5.56. The minimum atomic E-state index is -0.420. The van der Waals surface area contributed by atoms with Gasteiger partial charge in [0.25, 0.3) is 5.69 Å². The van der Waals surface area contributed by atoms with E-state index < -0.39 is 4.92 Å². The largest absolute Gasteiger partial charge is 0.491 e. The Morgan fingerprint density at radius 1 is 1.33 bits per heavy atom. The summed E-state index contributed by atoms with van der Waals surface area (Å²) in [7, 11) is 1.85. The molecule has 0 aliphatic rings. The summed E-state index contributed by atoms with van der Waals surface area (Å²) in [6.07, 6.45) is -0.0165. The maximum atomic E-state index is 10.8. The van der Waals surface area contributed by atoms with Crippen LogP contribution < -0.4 is 15.4 Å². The lowest BCUT2D eigenvalue weighted by Crippen LogP contribution is -2.17. The number of rotatable bonds is 7. The van der Waals surface area contributed by atoms with Gasteiger partial charge in [-0.25, -0.2) is 0 Å². The van der Waals surface area contributed by atoms with Gasteiger partial charge in [0, 0.05) is 30.9 Å². The van der Waals surface area contributed by atoms with Gasteiger partial charge in [0.05, 0.1) is 17.1 Å². The van der Waals surface area contributed by atoms with E-state index in [1.54, 1.807) is 6.07 Å². The first-order valence-electron chi connectivity index (χ1n) is 5.87. The standard InChI is InChI=1S/C12H19N3O3/c1-9(2)18-12-7-10(14-5-4-13-3)6-11(8-12)15(16)17/h6-9,13-14H,4-5H2,1-3H3. The van der Waals surface area contributed by atoms with Crippen molar-refractivity contribution in [2.24, 2.45) is 0 Å². The monoisotopic (exact) mass is 253 g/mol. The van der Waals surface area contributed by atoms with Crippen LogP contribution in [0.5, 0.6) is 5.75 Å². The zero-order valence-electron chi connectivity index (χ0n) is 10.9. The average Bonchev–Trinajstić information content (AvgIpc) is 2.28. The molecule has 0 saturated carbocycles. The van der Waals surface area contributed by atoms with E-state index in [2.05, 4.69) is 10.6 Å². The maximum absolute atomic E-state index is 10.8. The summed E-state index contributed by atoms with van der Waals surface area (Å²) in [6, 6.07) is 4.70. The van der Waals surface area contributed by atoms with Crippen LogP contribution in [0, 0.1) is 10.1 Å². The van der Waals surface area contributed by atoms with E-state index in [0.29, 0.717) is 18.0 Å². The number of likely N-dealkylation sites (N-methyl/N-ethyl adjacent to an activating group) is 1. The van der Waals surface area contributed by atoms with Crippen LogP contribution >= 0.6 is 0 Å². The molecule has 0 aliphatic heterocycles. The van der Waals surface area contributed by atoms with Crippen molar-refractivity contribution in [1.29, 1.82) is 0 Å². The molecular weight excluding hydrogens is 234 g/mol. The second-order valence-corrected chi connectivity index (χ2v) is 4.17. The molecule has 1 rings (SSSR count). The fourth-order valence-corrected chi connectivity index (χ4v) is 1.46. The molecule has 6 heteroatoms. The number of hydrogen-bond donors (Lipinski definition) is 2. The third-order valence-corrected chi connectivity index (χ3v) is 2.18. The molecule has 0 bridgehead atoms. The van der Waals surface area contributed by atoms with Gasteiger partial charge >= 0.3 is 0 Å². The summed E-state index contributed by atoms with van der Waals surface area (Å²) >= 11 is 0. The van der Waals surface area contributed by atoms with Crippen molar-refractivity contribution in [3.63, 3.8) is 0 Å². The first-order valence-corrected chi connectivity index (χ1v) is 5.87. The van der Waals surface area contributed by atoms with Gasteiger partial charge in [-0.2, -0.15) is 0 Å². The molecule has 0 aliphatic carbocycles. The minimum Gasteiger partial charge on any atom is -0.491 e. The van der Waals surface area contributed by atoms with Gasteiger partial charge in [-0.05, 0) is 20.9 Å². The number of anilines is 1. The lowest BCUT2D eigenvalue weighted by atomic mass is 10.2. The van der Waals surface area contributed by atoms with Gasteiger partial charge in [0.2, 0.25) is 0 Å². The Balaban J connectivity index is 2.87. The molecule has 0 fully saturated rings. The number of non-ortho nitro benzene ring substituents is 1. The van der Waals surface area contributed by atoms with Crippen molar-refractivity contribution < 1.29 is 9.66 Å². The average molecular weight is 253 g/mol. The van der Waals surface area contributed by atoms with E-state index in [9.17, 15) is 10.1 Å². The van der Waals surface area contributed by atoms with E-state index in [0.717, 1.165) is 6.54 Å². The van der Waals surface area contributed by atoms with Gasteiger partial charge in [-0.15, -0.1) is 0 Å². The van der Waals surface area contributed by atoms with E-state index in [-0.39, 0.29) is 11.8 Å². The zero-order chi connectivity index (χ0) is 13.5. The van der Waals surface area contributed by atoms with Gasteiger partial charge < -0.3 is 15.4 Å². The molecule has 100 valence electrons. The summed E-state index contributed by atoms with van der Waals surface area (Å²) in [5, 5.41) is 16.9. The number of hydrogen-bond acceptors (Lipinski definition) is 5. The molecule has 0 unspecified atom stereocenters. The first-order chi connectivity index (χ1) is 8.52. The summed E-state index contributed by atoms with van der Waals surface area (Å²) in [5.74, 6) is 0.506. The summed E-state index contributed by atoms with van der Waals surface area (Å²) in [6.45, 7) is 5.24. The van der Waals surface area contributed by atoms with Crippen molar-refractivity contribution in [3.05, 3.63) is 28.3 Å². The molecule has 0 atom stereocenters. The Morgan fingerprint density at radius 2 is 2.06 bits per heavy atom. The third kappa shape index (κ3) is 4.58. The first kappa shape index (κ1) is 14.2. The van der Waals surface area contributed by atoms with Gasteiger partial charge in [0.1, 0.15) is 5.75 Å². The van der Waals surface area contributed by atoms with E-state index in [4.69, 9.17) is 4.74 Å². The quantitative estimate of drug-likeness (QED) is 0.441. The van der Waals surface area contributed by atoms with Crippen molar-refractivity contribution >= 4 is 11.4 Å². The van der Waals surface area contributed by atoms with Crippen molar-refractivity contribution in [1.82, 2.24) is 5.32 Å². The molecule has 0 spiro atoms. The fraction of sp³-hybridized carbons (Fsp3) is 0.500. The normalized spacial score (nSPS) is 10.4. The highest BCUT2D eigenvalue weighted by Gasteiger charge is 2.11. The molecule has 0 radical (unpaired) electrons. The minimum absolute atomic E-state index is 0.0165. The van der Waals surface area contributed by atoms with E-state index in [1.807, 2.05) is 20.9 Å². The lowest BCUT2D eigenvalue weighted by molar-refractivity contribution is -0.384. The van der Waals surface area contributed by atoms with Crippen LogP contribution in [-0.2, 0) is 0 Å². The molecule has 0 heterocycles. The number of nitro benzene ring substituents is 1. The fourth-order valence-electron chi connectivity index (χ4n) is 1.46. The Kier molecular flexibility index (Phi) is 5.38. The maximum Gasteiger partial charge on any atom is 0.275 e. The Bertz CT molecular complexity index is 408. The number of nitro groups is 1. The van der Waals surface area contributed by atoms with Crippen LogP contribution in [0.3, 0.4) is 0 Å². The van der Waals surface area contributed by atoms with Gasteiger partial charge in [0.15, 0.2) is 0 Å². The van der Waals surface area contributed by atoms with Crippen LogP contribution in [0.1, 0.15) is 13.8 Å². The van der Waals surface area contributed by atoms with Crippen LogP contribution in [0.15, 0.2) is 18.2 Å². The number of nitrogens with zero attached hydrogens (tertiary/aromatic N) is 1. The molecule has 0 aromatic heterocycles. The molecular formula is C12H19N3O3. The smallest absolute Gasteiger partial charge is 0.275 e. The third-order valence-electron chi connectivity index (χ3n) is 2.18. The van der Waals surface area contributed by atoms with Crippen LogP contribution in [0.2, 0.25) is 0 Å². The molecule has 0 amide bonds. The highest BCUT2D eigenvalue weighted by atomic mass is 16.6. The highest BCUT2D eigenvalue weighted by Crippen LogP contribution is 2.26. The van der Waals surface area contributed by atoms with Crippen LogP contribution in [0.4, 0.5) is 11.4 Å². The molecule has 0 saturated heterocycles. The van der Waals surface area contributed by atoms with Crippen molar-refractivity contribution in [2.75, 3.05) is 25.5 Å². The summed E-state index contributed by atoms with van der Waals surface area (Å²) in [4.78, 5) is 10.4. The van der Waals surface area contributed by atoms with Gasteiger partial charge in [-0.3, -0.25) is 10.1 Å². The zero-order valence-corrected chi connectivity index (χ0v) is 10.9. The second kappa shape index (κ2) is 6.80. The second-order valence-electron chi connectivity index (χ2n) is 4.17. The van der Waals surface area contributed by atoms with Crippen LogP contribution in [-0.4, -0.2) is 31.2 Å². The number of ether oxygens (including phenoxy) is 1. The van der Waals surface area contributed by atoms with Crippen molar-refractivity contribution in [3.8, 4) is 5.75 Å². The van der Waals surface area contributed by atoms with Crippen molar-refractivity contribution in [2.45, 2.75) is 20.0 Å². The lowest BCUT2D eigenvalue weighted by Gasteiger charge is -2.12.